The number of carboxylic acid groups (broad SMARTS) is 1. The van der Waals surface area contributed by atoms with Gasteiger partial charge >= 0.3 is 5.97 Å². The highest BCUT2D eigenvalue weighted by atomic mass is 32.2. The number of amides is 2. The summed E-state index contributed by atoms with van der Waals surface area (Å²) in [6, 6.07) is 6.30. The standard InChI is InChI=1S/C17H17NO5S/c1-10(19)24-17(9-14(20)21)7-6-11(8-17)18-15(22)12-4-2-3-5-13(12)16(18)23/h2-5,11H,6-9H2,1H3,(H,20,21)/t11-,17-/m0/s1. The normalized spacial score (nSPS) is 25.9. The quantitative estimate of drug-likeness (QED) is 0.841. The van der Waals surface area contributed by atoms with Gasteiger partial charge in [-0.15, -0.1) is 0 Å². The Kier molecular flexibility index (Phi) is 4.21. The van der Waals surface area contributed by atoms with Crippen LogP contribution >= 0.6 is 11.8 Å². The van der Waals surface area contributed by atoms with Crippen LogP contribution in [0.3, 0.4) is 0 Å². The number of carbonyl (C=O) groups excluding carboxylic acids is 3. The van der Waals surface area contributed by atoms with Crippen LogP contribution in [0.25, 0.3) is 0 Å². The largest absolute Gasteiger partial charge is 0.481 e. The predicted octanol–water partition coefficient (Wildman–Crippen LogP) is 2.33. The van der Waals surface area contributed by atoms with E-state index in [1.54, 1.807) is 24.3 Å². The number of fused-ring (bicyclic) bond motifs is 1. The second-order valence-corrected chi connectivity index (χ2v) is 7.91. The Morgan fingerprint density at radius 2 is 1.83 bits per heavy atom. The van der Waals surface area contributed by atoms with Crippen LogP contribution < -0.4 is 0 Å². The average Bonchev–Trinajstić information content (AvgIpc) is 2.99. The van der Waals surface area contributed by atoms with Crippen LogP contribution in [0.2, 0.25) is 0 Å². The summed E-state index contributed by atoms with van der Waals surface area (Å²) in [4.78, 5) is 49.1. The van der Waals surface area contributed by atoms with Crippen LogP contribution in [-0.2, 0) is 9.59 Å². The van der Waals surface area contributed by atoms with Gasteiger partial charge in [-0.25, -0.2) is 0 Å². The van der Waals surface area contributed by atoms with Crippen LogP contribution in [0.1, 0.15) is 53.3 Å². The molecule has 6 nitrogen and oxygen atoms in total. The number of nitrogens with zero attached hydrogens (tertiary/aromatic N) is 1. The summed E-state index contributed by atoms with van der Waals surface area (Å²) >= 11 is 1.02. The average molecular weight is 347 g/mol. The Morgan fingerprint density at radius 1 is 1.25 bits per heavy atom. The maximum absolute atomic E-state index is 12.6. The number of thioether (sulfide) groups is 1. The van der Waals surface area contributed by atoms with E-state index in [1.807, 2.05) is 0 Å². The van der Waals surface area contributed by atoms with Crippen molar-refractivity contribution in [3.05, 3.63) is 35.4 Å². The Bertz CT molecular complexity index is 693. The number of carbonyl (C=O) groups is 4. The van der Waals surface area contributed by atoms with Crippen molar-refractivity contribution in [3.63, 3.8) is 0 Å². The van der Waals surface area contributed by atoms with Gasteiger partial charge in [0.05, 0.1) is 17.5 Å². The lowest BCUT2D eigenvalue weighted by molar-refractivity contribution is -0.137. The van der Waals surface area contributed by atoms with Gasteiger partial charge in [-0.05, 0) is 31.4 Å². The van der Waals surface area contributed by atoms with Gasteiger partial charge in [0.15, 0.2) is 5.12 Å². The molecule has 0 saturated heterocycles. The molecule has 3 rings (SSSR count). The van der Waals surface area contributed by atoms with Gasteiger partial charge in [0, 0.05) is 17.7 Å². The van der Waals surface area contributed by atoms with E-state index in [2.05, 4.69) is 0 Å². The molecule has 1 aromatic rings. The van der Waals surface area contributed by atoms with Crippen LogP contribution in [0, 0.1) is 0 Å². The van der Waals surface area contributed by atoms with Gasteiger partial charge in [-0.1, -0.05) is 23.9 Å². The number of aliphatic carboxylic acids is 1. The summed E-state index contributed by atoms with van der Waals surface area (Å²) in [5.74, 6) is -1.65. The molecular weight excluding hydrogens is 330 g/mol. The highest BCUT2D eigenvalue weighted by molar-refractivity contribution is 8.14. The third kappa shape index (κ3) is 2.84. The molecule has 1 saturated carbocycles. The van der Waals surface area contributed by atoms with Crippen molar-refractivity contribution in [2.45, 2.75) is 43.4 Å². The number of carboxylic acids is 1. The fourth-order valence-corrected chi connectivity index (χ4v) is 4.99. The first-order valence-corrected chi connectivity index (χ1v) is 8.53. The number of hydrogen-bond donors (Lipinski definition) is 1. The van der Waals surface area contributed by atoms with Gasteiger partial charge in [0.2, 0.25) is 0 Å². The minimum Gasteiger partial charge on any atom is -0.481 e. The lowest BCUT2D eigenvalue weighted by atomic mass is 10.0. The first-order valence-electron chi connectivity index (χ1n) is 7.71. The van der Waals surface area contributed by atoms with E-state index < -0.39 is 10.7 Å². The molecule has 0 unspecified atom stereocenters. The van der Waals surface area contributed by atoms with Crippen LogP contribution in [0.4, 0.5) is 0 Å². The predicted molar refractivity (Wildman–Crippen MR) is 87.8 cm³/mol. The van der Waals surface area contributed by atoms with Crippen LogP contribution in [0.5, 0.6) is 0 Å². The molecule has 2 amide bonds. The monoisotopic (exact) mass is 347 g/mol. The number of imide groups is 1. The minimum absolute atomic E-state index is 0.153. The van der Waals surface area contributed by atoms with Crippen molar-refractivity contribution < 1.29 is 24.3 Å². The molecule has 126 valence electrons. The fourth-order valence-electron chi connectivity index (χ4n) is 3.69. The summed E-state index contributed by atoms with van der Waals surface area (Å²) in [6.07, 6.45) is 1.17. The Labute approximate surface area is 143 Å². The zero-order valence-corrected chi connectivity index (χ0v) is 14.0. The third-order valence-corrected chi connectivity index (χ3v) is 5.80. The molecule has 2 atom stereocenters. The maximum Gasteiger partial charge on any atom is 0.304 e. The topological polar surface area (TPSA) is 91.8 Å². The minimum atomic E-state index is -0.980. The molecule has 1 aliphatic carbocycles. The lowest BCUT2D eigenvalue weighted by Gasteiger charge is -2.27. The van der Waals surface area contributed by atoms with Crippen molar-refractivity contribution in [1.82, 2.24) is 4.90 Å². The zero-order valence-electron chi connectivity index (χ0n) is 13.2. The van der Waals surface area contributed by atoms with E-state index in [0.29, 0.717) is 30.4 Å². The molecule has 0 bridgehead atoms. The molecule has 1 heterocycles. The van der Waals surface area contributed by atoms with Gasteiger partial charge in [0.1, 0.15) is 0 Å². The fraction of sp³-hybridized carbons (Fsp3) is 0.412. The van der Waals surface area contributed by atoms with Crippen molar-refractivity contribution in [3.8, 4) is 0 Å². The van der Waals surface area contributed by atoms with Gasteiger partial charge < -0.3 is 5.11 Å². The number of benzene rings is 1. The summed E-state index contributed by atoms with van der Waals surface area (Å²) < 4.78 is -0.752. The Balaban J connectivity index is 1.85. The molecule has 7 heteroatoms. The molecular formula is C17H17NO5S. The SMILES string of the molecule is CC(=O)S[C@@]1(CC(=O)O)CC[C@H](N2C(=O)c3ccccc3C2=O)C1. The Morgan fingerprint density at radius 3 is 2.33 bits per heavy atom. The van der Waals surface area contributed by atoms with Crippen LogP contribution in [-0.4, -0.2) is 43.7 Å². The molecule has 2 aliphatic rings. The van der Waals surface area contributed by atoms with Gasteiger partial charge in [0.25, 0.3) is 11.8 Å². The molecule has 0 aromatic heterocycles. The molecule has 1 N–H and O–H groups in total. The van der Waals surface area contributed by atoms with E-state index in [9.17, 15) is 24.3 Å². The summed E-state index contributed by atoms with van der Waals surface area (Å²) in [6.45, 7) is 1.41. The highest BCUT2D eigenvalue weighted by Gasteiger charge is 2.49. The van der Waals surface area contributed by atoms with E-state index >= 15 is 0 Å². The third-order valence-electron chi connectivity index (χ3n) is 4.57. The maximum atomic E-state index is 12.6. The second kappa shape index (κ2) is 6.05. The van der Waals surface area contributed by atoms with Gasteiger partial charge in [-0.3, -0.25) is 24.1 Å². The van der Waals surface area contributed by atoms with Crippen molar-refractivity contribution in [2.75, 3.05) is 0 Å². The van der Waals surface area contributed by atoms with Crippen molar-refractivity contribution in [1.29, 1.82) is 0 Å². The van der Waals surface area contributed by atoms with Crippen molar-refractivity contribution in [2.24, 2.45) is 0 Å². The molecule has 0 spiro atoms. The summed E-state index contributed by atoms with van der Waals surface area (Å²) in [7, 11) is 0. The van der Waals surface area contributed by atoms with Crippen molar-refractivity contribution >= 4 is 34.7 Å². The smallest absolute Gasteiger partial charge is 0.304 e. The first kappa shape index (κ1) is 16.7. The summed E-state index contributed by atoms with van der Waals surface area (Å²) in [5, 5.41) is 9.02. The molecule has 1 fully saturated rings. The zero-order chi connectivity index (χ0) is 17.5. The Hall–Kier alpha value is -2.15. The number of hydrogen-bond acceptors (Lipinski definition) is 5. The molecule has 1 aliphatic heterocycles. The second-order valence-electron chi connectivity index (χ2n) is 6.27. The molecule has 1 aromatic carbocycles. The highest BCUT2D eigenvalue weighted by Crippen LogP contribution is 2.47. The van der Waals surface area contributed by atoms with E-state index in [0.717, 1.165) is 11.8 Å². The number of rotatable bonds is 4. The van der Waals surface area contributed by atoms with E-state index in [4.69, 9.17) is 0 Å². The first-order chi connectivity index (χ1) is 11.3. The lowest BCUT2D eigenvalue weighted by Crippen LogP contribution is -2.40. The molecule has 24 heavy (non-hydrogen) atoms. The molecule has 0 radical (unpaired) electrons. The van der Waals surface area contributed by atoms with Crippen LogP contribution in [0.15, 0.2) is 24.3 Å². The van der Waals surface area contributed by atoms with E-state index in [-0.39, 0.29) is 29.4 Å². The summed E-state index contributed by atoms with van der Waals surface area (Å²) in [5.41, 5.74) is 0.773. The van der Waals surface area contributed by atoms with E-state index in [1.165, 1.54) is 11.8 Å². The van der Waals surface area contributed by atoms with Gasteiger partial charge in [-0.2, -0.15) is 0 Å².